The number of aliphatic imine (C=N–C) groups is 1. The van der Waals surface area contributed by atoms with Crippen molar-refractivity contribution in [1.29, 1.82) is 0 Å². The minimum atomic E-state index is 0.964. The van der Waals surface area contributed by atoms with E-state index in [1.54, 1.807) is 0 Å². The fourth-order valence-corrected chi connectivity index (χ4v) is 2.23. The second-order valence-corrected chi connectivity index (χ2v) is 4.60. The van der Waals surface area contributed by atoms with E-state index in [1.807, 2.05) is 13.1 Å². The lowest BCUT2D eigenvalue weighted by molar-refractivity contribution is 0.387. The van der Waals surface area contributed by atoms with E-state index in [0.717, 1.165) is 25.2 Å². The zero-order valence-corrected chi connectivity index (χ0v) is 10.7. The number of aryl methyl sites for hydroxylation is 1. The second kappa shape index (κ2) is 5.17. The fourth-order valence-electron chi connectivity index (χ4n) is 2.23. The molecule has 1 fully saturated rings. The standard InChI is InChI=1S/C15H20N2/c1-4-16-15-10-14(8-7-12(15)2)11-17-9-5-6-13(17)3/h4,7-8,10H,3,5-6,9,11H2,1-2H3/b16-4-. The maximum absolute atomic E-state index is 4.39. The van der Waals surface area contributed by atoms with E-state index >= 15 is 0 Å². The third kappa shape index (κ3) is 2.76. The molecule has 1 aromatic rings. The molecule has 0 radical (unpaired) electrons. The normalized spacial score (nSPS) is 16.1. The number of rotatable bonds is 3. The molecular weight excluding hydrogens is 208 g/mol. The quantitative estimate of drug-likeness (QED) is 0.718. The van der Waals surface area contributed by atoms with Gasteiger partial charge in [-0.1, -0.05) is 18.7 Å². The molecule has 2 rings (SSSR count). The predicted molar refractivity (Wildman–Crippen MR) is 73.8 cm³/mol. The number of benzene rings is 1. The summed E-state index contributed by atoms with van der Waals surface area (Å²) in [6, 6.07) is 6.52. The van der Waals surface area contributed by atoms with Crippen LogP contribution in [-0.2, 0) is 6.54 Å². The first-order valence-corrected chi connectivity index (χ1v) is 6.21. The second-order valence-electron chi connectivity index (χ2n) is 4.60. The maximum Gasteiger partial charge on any atom is 0.0658 e. The predicted octanol–water partition coefficient (Wildman–Crippen LogP) is 3.83. The van der Waals surface area contributed by atoms with Gasteiger partial charge in [0.1, 0.15) is 0 Å². The van der Waals surface area contributed by atoms with Gasteiger partial charge in [-0.2, -0.15) is 0 Å². The van der Waals surface area contributed by atoms with Crippen molar-refractivity contribution in [1.82, 2.24) is 4.90 Å². The molecule has 1 aliphatic rings. The van der Waals surface area contributed by atoms with Gasteiger partial charge < -0.3 is 4.90 Å². The van der Waals surface area contributed by atoms with E-state index in [1.165, 1.54) is 23.2 Å². The van der Waals surface area contributed by atoms with E-state index < -0.39 is 0 Å². The minimum absolute atomic E-state index is 0.964. The number of hydrogen-bond acceptors (Lipinski definition) is 2. The average Bonchev–Trinajstić information content (AvgIpc) is 2.70. The van der Waals surface area contributed by atoms with Gasteiger partial charge in [0.2, 0.25) is 0 Å². The summed E-state index contributed by atoms with van der Waals surface area (Å²) in [5.74, 6) is 0. The zero-order valence-electron chi connectivity index (χ0n) is 10.7. The molecule has 0 atom stereocenters. The van der Waals surface area contributed by atoms with Crippen molar-refractivity contribution in [2.45, 2.75) is 33.2 Å². The highest BCUT2D eigenvalue weighted by Gasteiger charge is 2.14. The van der Waals surface area contributed by atoms with Crippen LogP contribution < -0.4 is 0 Å². The molecule has 1 saturated heterocycles. The lowest BCUT2D eigenvalue weighted by atomic mass is 10.1. The van der Waals surface area contributed by atoms with Crippen molar-refractivity contribution < 1.29 is 0 Å². The van der Waals surface area contributed by atoms with Crippen LogP contribution in [0, 0.1) is 6.92 Å². The molecule has 0 aromatic heterocycles. The number of allylic oxidation sites excluding steroid dienone is 1. The van der Waals surface area contributed by atoms with Gasteiger partial charge in [0.05, 0.1) is 5.69 Å². The van der Waals surface area contributed by atoms with Gasteiger partial charge in [0.15, 0.2) is 0 Å². The van der Waals surface area contributed by atoms with Crippen molar-refractivity contribution in [2.75, 3.05) is 6.54 Å². The third-order valence-electron chi connectivity index (χ3n) is 3.26. The topological polar surface area (TPSA) is 15.6 Å². The Labute approximate surface area is 104 Å². The Morgan fingerprint density at radius 2 is 2.29 bits per heavy atom. The highest BCUT2D eigenvalue weighted by molar-refractivity contribution is 5.62. The molecule has 0 spiro atoms. The van der Waals surface area contributed by atoms with Crippen LogP contribution in [0.2, 0.25) is 0 Å². The first-order chi connectivity index (χ1) is 8.20. The Kier molecular flexibility index (Phi) is 3.62. The van der Waals surface area contributed by atoms with Gasteiger partial charge in [-0.25, -0.2) is 0 Å². The molecule has 1 aromatic carbocycles. The molecule has 0 bridgehead atoms. The first kappa shape index (κ1) is 11.9. The lowest BCUT2D eigenvalue weighted by Crippen LogP contribution is -2.16. The molecule has 0 unspecified atom stereocenters. The van der Waals surface area contributed by atoms with E-state index in [9.17, 15) is 0 Å². The summed E-state index contributed by atoms with van der Waals surface area (Å²) in [7, 11) is 0. The summed E-state index contributed by atoms with van der Waals surface area (Å²) in [6.45, 7) is 10.3. The summed E-state index contributed by atoms with van der Waals surface area (Å²) in [4.78, 5) is 6.76. The Bertz CT molecular complexity index is 446. The summed E-state index contributed by atoms with van der Waals surface area (Å²) in [5, 5.41) is 0. The fraction of sp³-hybridized carbons (Fsp3) is 0.400. The van der Waals surface area contributed by atoms with E-state index in [0.29, 0.717) is 0 Å². The van der Waals surface area contributed by atoms with Crippen LogP contribution >= 0.6 is 0 Å². The lowest BCUT2D eigenvalue weighted by Gasteiger charge is -2.19. The molecule has 0 aliphatic carbocycles. The zero-order chi connectivity index (χ0) is 12.3. The molecule has 1 aliphatic heterocycles. The SMILES string of the molecule is C=C1CCCN1Cc1ccc(C)c(/N=C\C)c1. The molecule has 17 heavy (non-hydrogen) atoms. The number of likely N-dealkylation sites (tertiary alicyclic amines) is 1. The van der Waals surface area contributed by atoms with Gasteiger partial charge in [-0.3, -0.25) is 4.99 Å². The summed E-state index contributed by atoms with van der Waals surface area (Å²) >= 11 is 0. The maximum atomic E-state index is 4.39. The highest BCUT2D eigenvalue weighted by atomic mass is 15.1. The third-order valence-corrected chi connectivity index (χ3v) is 3.26. The Hall–Kier alpha value is -1.57. The van der Waals surface area contributed by atoms with Crippen molar-refractivity contribution in [3.8, 4) is 0 Å². The molecule has 2 heteroatoms. The van der Waals surface area contributed by atoms with E-state index in [-0.39, 0.29) is 0 Å². The monoisotopic (exact) mass is 228 g/mol. The van der Waals surface area contributed by atoms with Crippen LogP contribution in [0.15, 0.2) is 35.5 Å². The van der Waals surface area contributed by atoms with Crippen LogP contribution in [0.25, 0.3) is 0 Å². The van der Waals surface area contributed by atoms with E-state index in [2.05, 4.69) is 41.6 Å². The van der Waals surface area contributed by atoms with Crippen LogP contribution in [-0.4, -0.2) is 17.7 Å². The van der Waals surface area contributed by atoms with Crippen LogP contribution in [0.4, 0.5) is 5.69 Å². The molecule has 90 valence electrons. The van der Waals surface area contributed by atoms with E-state index in [4.69, 9.17) is 0 Å². The smallest absolute Gasteiger partial charge is 0.0658 e. The van der Waals surface area contributed by atoms with Gasteiger partial charge in [-0.05, 0) is 43.9 Å². The highest BCUT2D eigenvalue weighted by Crippen LogP contribution is 2.25. The van der Waals surface area contributed by atoms with Gasteiger partial charge in [0, 0.05) is 25.0 Å². The average molecular weight is 228 g/mol. The Morgan fingerprint density at radius 1 is 1.47 bits per heavy atom. The molecule has 1 heterocycles. The van der Waals surface area contributed by atoms with Crippen LogP contribution in [0.3, 0.4) is 0 Å². The van der Waals surface area contributed by atoms with Crippen LogP contribution in [0.1, 0.15) is 30.9 Å². The number of hydrogen-bond donors (Lipinski definition) is 0. The van der Waals surface area contributed by atoms with Gasteiger partial charge >= 0.3 is 0 Å². The van der Waals surface area contributed by atoms with Gasteiger partial charge in [-0.15, -0.1) is 0 Å². The summed E-state index contributed by atoms with van der Waals surface area (Å²) in [6.07, 6.45) is 4.23. The molecule has 2 nitrogen and oxygen atoms in total. The molecular formula is C15H20N2. The first-order valence-electron chi connectivity index (χ1n) is 6.21. The van der Waals surface area contributed by atoms with Crippen molar-refractivity contribution in [3.63, 3.8) is 0 Å². The number of nitrogens with zero attached hydrogens (tertiary/aromatic N) is 2. The largest absolute Gasteiger partial charge is 0.371 e. The summed E-state index contributed by atoms with van der Waals surface area (Å²) < 4.78 is 0. The summed E-state index contributed by atoms with van der Waals surface area (Å²) in [5.41, 5.74) is 4.90. The minimum Gasteiger partial charge on any atom is -0.371 e. The molecule has 0 saturated carbocycles. The Balaban J connectivity index is 2.16. The van der Waals surface area contributed by atoms with Crippen LogP contribution in [0.5, 0.6) is 0 Å². The van der Waals surface area contributed by atoms with Crippen molar-refractivity contribution in [3.05, 3.63) is 41.6 Å². The van der Waals surface area contributed by atoms with Gasteiger partial charge in [0.25, 0.3) is 0 Å². The molecule has 0 N–H and O–H groups in total. The van der Waals surface area contributed by atoms with Crippen molar-refractivity contribution in [2.24, 2.45) is 4.99 Å². The Morgan fingerprint density at radius 3 is 2.94 bits per heavy atom. The molecule has 0 amide bonds. The van der Waals surface area contributed by atoms with Crippen molar-refractivity contribution >= 4 is 11.9 Å².